The highest BCUT2D eigenvalue weighted by Gasteiger charge is 2.14. The molecule has 0 bridgehead atoms. The lowest BCUT2D eigenvalue weighted by atomic mass is 10.2. The average Bonchev–Trinajstić information content (AvgIpc) is 2.03. The van der Waals surface area contributed by atoms with Crippen LogP contribution in [0.5, 0.6) is 0 Å². The fourth-order valence-electron chi connectivity index (χ4n) is 0.956. The Labute approximate surface area is 79.7 Å². The highest BCUT2D eigenvalue weighted by Crippen LogP contribution is 2.03. The summed E-state index contributed by atoms with van der Waals surface area (Å²) in [4.78, 5) is 0. The van der Waals surface area contributed by atoms with Crippen molar-refractivity contribution >= 4 is 9.84 Å². The fourth-order valence-corrected chi connectivity index (χ4v) is 2.71. The van der Waals surface area contributed by atoms with Gasteiger partial charge in [0, 0.05) is 6.42 Å². The largest absolute Gasteiger partial charge is 0.330 e. The molecule has 0 aromatic carbocycles. The number of nitriles is 1. The van der Waals surface area contributed by atoms with Gasteiger partial charge in [-0.25, -0.2) is 8.42 Å². The quantitative estimate of drug-likeness (QED) is 0.631. The molecule has 0 fully saturated rings. The first-order valence-electron chi connectivity index (χ1n) is 4.29. The zero-order valence-corrected chi connectivity index (χ0v) is 8.68. The molecule has 0 spiro atoms. The van der Waals surface area contributed by atoms with E-state index < -0.39 is 9.84 Å². The lowest BCUT2D eigenvalue weighted by Gasteiger charge is -2.08. The molecule has 1 atom stereocenters. The van der Waals surface area contributed by atoms with Crippen LogP contribution in [0.25, 0.3) is 0 Å². The van der Waals surface area contributed by atoms with E-state index in [-0.39, 0.29) is 17.4 Å². The lowest BCUT2D eigenvalue weighted by Crippen LogP contribution is -2.22. The number of unbranched alkanes of at least 4 members (excludes halogenated alkanes) is 1. The maximum Gasteiger partial charge on any atom is 0.150 e. The molecule has 5 heteroatoms. The van der Waals surface area contributed by atoms with Crippen LogP contribution in [0.2, 0.25) is 0 Å². The van der Waals surface area contributed by atoms with Crippen LogP contribution in [0.4, 0.5) is 0 Å². The molecule has 0 rings (SSSR count). The number of sulfone groups is 1. The van der Waals surface area contributed by atoms with E-state index >= 15 is 0 Å². The normalized spacial score (nSPS) is 13.6. The summed E-state index contributed by atoms with van der Waals surface area (Å²) in [7, 11) is -3.00. The SMILES string of the molecule is CC(CN)CS(=O)(=O)CCCC#N. The van der Waals surface area contributed by atoms with Crippen molar-refractivity contribution in [3.63, 3.8) is 0 Å². The zero-order chi connectivity index (χ0) is 10.3. The molecule has 0 aliphatic rings. The first-order chi connectivity index (χ1) is 6.02. The van der Waals surface area contributed by atoms with Crippen molar-refractivity contribution < 1.29 is 8.42 Å². The number of nitrogens with two attached hydrogens (primary N) is 1. The Bertz CT molecular complexity index is 266. The van der Waals surface area contributed by atoms with E-state index in [2.05, 4.69) is 0 Å². The molecule has 0 aromatic heterocycles. The molecule has 76 valence electrons. The van der Waals surface area contributed by atoms with Gasteiger partial charge in [0.05, 0.1) is 17.6 Å². The number of hydrogen-bond donors (Lipinski definition) is 1. The Balaban J connectivity index is 3.89. The molecule has 4 nitrogen and oxygen atoms in total. The molecule has 0 radical (unpaired) electrons. The summed E-state index contributed by atoms with van der Waals surface area (Å²) in [6.07, 6.45) is 0.729. The second-order valence-corrected chi connectivity index (χ2v) is 5.45. The fraction of sp³-hybridized carbons (Fsp3) is 0.875. The van der Waals surface area contributed by atoms with Gasteiger partial charge in [-0.15, -0.1) is 0 Å². The predicted octanol–water partition coefficient (Wildman–Crippen LogP) is 0.300. The third-order valence-corrected chi connectivity index (χ3v) is 3.67. The molecular formula is C8H16N2O2S. The molecule has 0 saturated heterocycles. The van der Waals surface area contributed by atoms with Crippen LogP contribution in [0.15, 0.2) is 0 Å². The molecule has 13 heavy (non-hydrogen) atoms. The van der Waals surface area contributed by atoms with Crippen molar-refractivity contribution in [2.75, 3.05) is 18.1 Å². The molecule has 0 aromatic rings. The van der Waals surface area contributed by atoms with E-state index in [0.29, 0.717) is 19.4 Å². The second kappa shape index (κ2) is 5.95. The summed E-state index contributed by atoms with van der Waals surface area (Å²) in [6, 6.07) is 1.92. The smallest absolute Gasteiger partial charge is 0.150 e. The highest BCUT2D eigenvalue weighted by molar-refractivity contribution is 7.91. The minimum Gasteiger partial charge on any atom is -0.330 e. The van der Waals surface area contributed by atoms with Crippen molar-refractivity contribution in [3.05, 3.63) is 0 Å². The number of rotatable bonds is 6. The molecule has 0 aliphatic carbocycles. The third-order valence-electron chi connectivity index (χ3n) is 1.68. The highest BCUT2D eigenvalue weighted by atomic mass is 32.2. The summed E-state index contributed by atoms with van der Waals surface area (Å²) >= 11 is 0. The van der Waals surface area contributed by atoms with Crippen molar-refractivity contribution in [2.24, 2.45) is 11.7 Å². The first-order valence-corrected chi connectivity index (χ1v) is 6.11. The van der Waals surface area contributed by atoms with Gasteiger partial charge in [0.1, 0.15) is 0 Å². The van der Waals surface area contributed by atoms with Gasteiger partial charge in [0.2, 0.25) is 0 Å². The summed E-state index contributed by atoms with van der Waals surface area (Å²) in [6.45, 7) is 2.19. The van der Waals surface area contributed by atoms with Crippen molar-refractivity contribution in [1.82, 2.24) is 0 Å². The third kappa shape index (κ3) is 6.55. The Morgan fingerprint density at radius 3 is 2.62 bits per heavy atom. The van der Waals surface area contributed by atoms with Crippen LogP contribution in [-0.4, -0.2) is 26.5 Å². The van der Waals surface area contributed by atoms with Crippen molar-refractivity contribution in [3.8, 4) is 6.07 Å². The summed E-state index contributed by atoms with van der Waals surface area (Å²) < 4.78 is 22.6. The predicted molar refractivity (Wildman–Crippen MR) is 51.7 cm³/mol. The van der Waals surface area contributed by atoms with Crippen LogP contribution >= 0.6 is 0 Å². The molecule has 2 N–H and O–H groups in total. The Kier molecular flexibility index (Phi) is 5.67. The van der Waals surface area contributed by atoms with E-state index in [1.807, 2.05) is 13.0 Å². The van der Waals surface area contributed by atoms with E-state index in [4.69, 9.17) is 11.0 Å². The summed E-state index contributed by atoms with van der Waals surface area (Å²) in [5.74, 6) is 0.243. The summed E-state index contributed by atoms with van der Waals surface area (Å²) in [5.41, 5.74) is 5.32. The van der Waals surface area contributed by atoms with Crippen molar-refractivity contribution in [2.45, 2.75) is 19.8 Å². The van der Waals surface area contributed by atoms with Crippen molar-refractivity contribution in [1.29, 1.82) is 5.26 Å². The van der Waals surface area contributed by atoms with E-state index in [0.717, 1.165) is 0 Å². The zero-order valence-electron chi connectivity index (χ0n) is 7.86. The van der Waals surface area contributed by atoms with E-state index in [1.54, 1.807) is 0 Å². The van der Waals surface area contributed by atoms with Gasteiger partial charge in [-0.1, -0.05) is 6.92 Å². The van der Waals surface area contributed by atoms with Gasteiger partial charge < -0.3 is 5.73 Å². The minimum absolute atomic E-state index is 0.00656. The minimum atomic E-state index is -3.00. The number of hydrogen-bond acceptors (Lipinski definition) is 4. The van der Waals surface area contributed by atoms with Crippen LogP contribution < -0.4 is 5.73 Å². The molecule has 0 aliphatic heterocycles. The van der Waals surface area contributed by atoms with E-state index in [9.17, 15) is 8.42 Å². The van der Waals surface area contributed by atoms with E-state index in [1.165, 1.54) is 0 Å². The average molecular weight is 204 g/mol. The molecule has 0 heterocycles. The van der Waals surface area contributed by atoms with Gasteiger partial charge in [-0.3, -0.25) is 0 Å². The Morgan fingerprint density at radius 1 is 1.54 bits per heavy atom. The molecule has 0 saturated carbocycles. The number of nitrogens with zero attached hydrogens (tertiary/aromatic N) is 1. The van der Waals surface area contributed by atoms with Gasteiger partial charge in [-0.2, -0.15) is 5.26 Å². The maximum absolute atomic E-state index is 11.3. The first kappa shape index (κ1) is 12.4. The maximum atomic E-state index is 11.3. The molecule has 1 unspecified atom stereocenters. The van der Waals surface area contributed by atoms with Gasteiger partial charge in [0.25, 0.3) is 0 Å². The van der Waals surface area contributed by atoms with Crippen LogP contribution in [0.1, 0.15) is 19.8 Å². The second-order valence-electron chi connectivity index (χ2n) is 3.22. The van der Waals surface area contributed by atoms with Crippen LogP contribution in [0.3, 0.4) is 0 Å². The molecule has 0 amide bonds. The monoisotopic (exact) mass is 204 g/mol. The lowest BCUT2D eigenvalue weighted by molar-refractivity contribution is 0.572. The summed E-state index contributed by atoms with van der Waals surface area (Å²) in [5, 5.41) is 8.23. The van der Waals surface area contributed by atoms with Gasteiger partial charge in [-0.05, 0) is 18.9 Å². The molecular weight excluding hydrogens is 188 g/mol. The Morgan fingerprint density at radius 2 is 2.15 bits per heavy atom. The van der Waals surface area contributed by atoms with Gasteiger partial charge in [0.15, 0.2) is 9.84 Å². The Hall–Kier alpha value is -0.600. The van der Waals surface area contributed by atoms with Crippen LogP contribution in [0, 0.1) is 17.2 Å². The van der Waals surface area contributed by atoms with Crippen LogP contribution in [-0.2, 0) is 9.84 Å². The van der Waals surface area contributed by atoms with Gasteiger partial charge >= 0.3 is 0 Å². The standard InChI is InChI=1S/C8H16N2O2S/c1-8(6-10)7-13(11,12)5-3-2-4-9/h8H,2-3,5-7,10H2,1H3. The topological polar surface area (TPSA) is 84.0 Å².